The molecular formula is C22H28N4O2. The predicted octanol–water partition coefficient (Wildman–Crippen LogP) is 2.76. The Bertz CT molecular complexity index is 742. The van der Waals surface area contributed by atoms with E-state index in [1.807, 2.05) is 35.5 Å². The zero-order valence-corrected chi connectivity index (χ0v) is 16.2. The number of likely N-dealkylation sites (tertiary alicyclic amines) is 1. The second-order valence-corrected chi connectivity index (χ2v) is 7.64. The van der Waals surface area contributed by atoms with E-state index >= 15 is 0 Å². The van der Waals surface area contributed by atoms with Crippen LogP contribution in [0.25, 0.3) is 0 Å². The van der Waals surface area contributed by atoms with Gasteiger partial charge in [-0.25, -0.2) is 0 Å². The highest BCUT2D eigenvalue weighted by Crippen LogP contribution is 2.26. The Labute approximate surface area is 166 Å². The monoisotopic (exact) mass is 380 g/mol. The van der Waals surface area contributed by atoms with Crippen LogP contribution in [-0.4, -0.2) is 64.1 Å². The van der Waals surface area contributed by atoms with Crippen molar-refractivity contribution < 1.29 is 9.53 Å². The summed E-state index contributed by atoms with van der Waals surface area (Å²) in [6, 6.07) is 8.85. The Kier molecular flexibility index (Phi) is 6.29. The van der Waals surface area contributed by atoms with Gasteiger partial charge in [-0.15, -0.1) is 0 Å². The van der Waals surface area contributed by atoms with Crippen molar-refractivity contribution in [3.63, 3.8) is 0 Å². The standard InChI is InChI=1S/C22H28N4O2/c27-22(19-4-2-10-24-16-19)25-11-5-20(6-12-25)26(21-7-13-28-14-8-21)17-18-3-1-9-23-15-18/h1-4,9-10,15-16,20-21H,5-8,11-14,17H2. The molecule has 2 fully saturated rings. The lowest BCUT2D eigenvalue weighted by Crippen LogP contribution is -2.51. The van der Waals surface area contributed by atoms with E-state index in [9.17, 15) is 4.79 Å². The number of ether oxygens (including phenoxy) is 1. The van der Waals surface area contributed by atoms with E-state index in [-0.39, 0.29) is 5.91 Å². The molecule has 2 saturated heterocycles. The molecule has 2 aliphatic rings. The largest absolute Gasteiger partial charge is 0.381 e. The lowest BCUT2D eigenvalue weighted by molar-refractivity contribution is -0.00152. The van der Waals surface area contributed by atoms with Crippen molar-refractivity contribution in [2.24, 2.45) is 0 Å². The van der Waals surface area contributed by atoms with Gasteiger partial charge in [-0.2, -0.15) is 0 Å². The molecule has 0 spiro atoms. The first-order valence-electron chi connectivity index (χ1n) is 10.2. The SMILES string of the molecule is O=C(c1cccnc1)N1CCC(N(Cc2cccnc2)C2CCOCC2)CC1. The number of nitrogens with zero attached hydrogens (tertiary/aromatic N) is 4. The second-order valence-electron chi connectivity index (χ2n) is 7.64. The minimum Gasteiger partial charge on any atom is -0.381 e. The zero-order valence-electron chi connectivity index (χ0n) is 16.2. The molecular weight excluding hydrogens is 352 g/mol. The van der Waals surface area contributed by atoms with Gasteiger partial charge in [-0.1, -0.05) is 6.07 Å². The molecule has 6 heteroatoms. The first kappa shape index (κ1) is 19.0. The molecule has 0 aliphatic carbocycles. The predicted molar refractivity (Wildman–Crippen MR) is 107 cm³/mol. The van der Waals surface area contributed by atoms with E-state index in [0.717, 1.165) is 58.5 Å². The zero-order chi connectivity index (χ0) is 19.2. The second kappa shape index (κ2) is 9.26. The van der Waals surface area contributed by atoms with E-state index in [4.69, 9.17) is 4.74 Å². The van der Waals surface area contributed by atoms with Gasteiger partial charge in [0.25, 0.3) is 5.91 Å². The van der Waals surface area contributed by atoms with Crippen molar-refractivity contribution in [1.29, 1.82) is 0 Å². The summed E-state index contributed by atoms with van der Waals surface area (Å²) in [5.74, 6) is 0.0939. The van der Waals surface area contributed by atoms with Gasteiger partial charge in [0.2, 0.25) is 0 Å². The number of carbonyl (C=O) groups is 1. The van der Waals surface area contributed by atoms with Crippen LogP contribution in [0.4, 0.5) is 0 Å². The summed E-state index contributed by atoms with van der Waals surface area (Å²) >= 11 is 0. The van der Waals surface area contributed by atoms with Crippen LogP contribution >= 0.6 is 0 Å². The van der Waals surface area contributed by atoms with Gasteiger partial charge in [0.1, 0.15) is 0 Å². The molecule has 148 valence electrons. The summed E-state index contributed by atoms with van der Waals surface area (Å²) in [5, 5.41) is 0. The molecule has 0 bridgehead atoms. The molecule has 0 atom stereocenters. The molecule has 6 nitrogen and oxygen atoms in total. The summed E-state index contributed by atoms with van der Waals surface area (Å²) in [6.45, 7) is 4.19. The molecule has 0 aromatic carbocycles. The Balaban J connectivity index is 1.42. The van der Waals surface area contributed by atoms with E-state index in [1.54, 1.807) is 12.4 Å². The van der Waals surface area contributed by atoms with Gasteiger partial charge in [0.15, 0.2) is 0 Å². The van der Waals surface area contributed by atoms with Gasteiger partial charge < -0.3 is 9.64 Å². The smallest absolute Gasteiger partial charge is 0.255 e. The average Bonchev–Trinajstić information content (AvgIpc) is 2.79. The highest BCUT2D eigenvalue weighted by Gasteiger charge is 2.32. The third-order valence-corrected chi connectivity index (χ3v) is 5.88. The quantitative estimate of drug-likeness (QED) is 0.798. The lowest BCUT2D eigenvalue weighted by Gasteiger charge is -2.43. The number of rotatable bonds is 5. The molecule has 2 aromatic heterocycles. The molecule has 0 saturated carbocycles. The van der Waals surface area contributed by atoms with Gasteiger partial charge in [-0.05, 0) is 49.4 Å². The number of hydrogen-bond acceptors (Lipinski definition) is 5. The van der Waals surface area contributed by atoms with Crippen molar-refractivity contribution in [1.82, 2.24) is 19.8 Å². The first-order valence-corrected chi connectivity index (χ1v) is 10.2. The molecule has 4 heterocycles. The Morgan fingerprint density at radius 2 is 1.68 bits per heavy atom. The van der Waals surface area contributed by atoms with Crippen LogP contribution in [0.1, 0.15) is 41.6 Å². The number of hydrogen-bond donors (Lipinski definition) is 0. The Morgan fingerprint density at radius 3 is 2.32 bits per heavy atom. The van der Waals surface area contributed by atoms with Crippen LogP contribution in [0.3, 0.4) is 0 Å². The normalized spacial score (nSPS) is 19.1. The van der Waals surface area contributed by atoms with Crippen LogP contribution in [0.15, 0.2) is 49.1 Å². The highest BCUT2D eigenvalue weighted by atomic mass is 16.5. The maximum absolute atomic E-state index is 12.7. The molecule has 2 aliphatic heterocycles. The molecule has 2 aromatic rings. The molecule has 0 N–H and O–H groups in total. The Morgan fingerprint density at radius 1 is 1.00 bits per heavy atom. The third kappa shape index (κ3) is 4.56. The topological polar surface area (TPSA) is 58.6 Å². The van der Waals surface area contributed by atoms with E-state index in [2.05, 4.69) is 20.9 Å². The minimum atomic E-state index is 0.0939. The van der Waals surface area contributed by atoms with Crippen molar-refractivity contribution >= 4 is 5.91 Å². The van der Waals surface area contributed by atoms with Crippen molar-refractivity contribution in [2.45, 2.75) is 44.3 Å². The third-order valence-electron chi connectivity index (χ3n) is 5.88. The maximum atomic E-state index is 12.7. The molecule has 0 unspecified atom stereocenters. The van der Waals surface area contributed by atoms with Crippen LogP contribution in [0.5, 0.6) is 0 Å². The fourth-order valence-corrected chi connectivity index (χ4v) is 4.35. The van der Waals surface area contributed by atoms with Crippen molar-refractivity contribution in [3.05, 3.63) is 60.2 Å². The molecule has 28 heavy (non-hydrogen) atoms. The summed E-state index contributed by atoms with van der Waals surface area (Å²) in [7, 11) is 0. The van der Waals surface area contributed by atoms with Gasteiger partial charge >= 0.3 is 0 Å². The summed E-state index contributed by atoms with van der Waals surface area (Å²) < 4.78 is 5.59. The molecule has 4 rings (SSSR count). The van der Waals surface area contributed by atoms with Crippen molar-refractivity contribution in [2.75, 3.05) is 26.3 Å². The lowest BCUT2D eigenvalue weighted by atomic mass is 9.96. The van der Waals surface area contributed by atoms with E-state index in [0.29, 0.717) is 17.6 Å². The number of aromatic nitrogens is 2. The molecule has 0 radical (unpaired) electrons. The van der Waals surface area contributed by atoms with Gasteiger partial charge in [-0.3, -0.25) is 19.7 Å². The fourth-order valence-electron chi connectivity index (χ4n) is 4.35. The summed E-state index contributed by atoms with van der Waals surface area (Å²) in [6.07, 6.45) is 11.3. The fraction of sp³-hybridized carbons (Fsp3) is 0.500. The van der Waals surface area contributed by atoms with Crippen molar-refractivity contribution in [3.8, 4) is 0 Å². The van der Waals surface area contributed by atoms with Crippen LogP contribution < -0.4 is 0 Å². The summed E-state index contributed by atoms with van der Waals surface area (Å²) in [5.41, 5.74) is 1.93. The maximum Gasteiger partial charge on any atom is 0.255 e. The summed E-state index contributed by atoms with van der Waals surface area (Å²) in [4.78, 5) is 25.7. The average molecular weight is 380 g/mol. The van der Waals surface area contributed by atoms with E-state index < -0.39 is 0 Å². The highest BCUT2D eigenvalue weighted by molar-refractivity contribution is 5.93. The van der Waals surface area contributed by atoms with Crippen LogP contribution in [-0.2, 0) is 11.3 Å². The number of carbonyl (C=O) groups excluding carboxylic acids is 1. The first-order chi connectivity index (χ1) is 13.8. The minimum absolute atomic E-state index is 0.0939. The number of pyridine rings is 2. The van der Waals surface area contributed by atoms with Gasteiger partial charge in [0, 0.05) is 69.7 Å². The Hall–Kier alpha value is -2.31. The van der Waals surface area contributed by atoms with Crippen LogP contribution in [0.2, 0.25) is 0 Å². The number of amides is 1. The molecule has 1 amide bonds. The van der Waals surface area contributed by atoms with Gasteiger partial charge in [0.05, 0.1) is 5.56 Å². The van der Waals surface area contributed by atoms with E-state index in [1.165, 1.54) is 5.56 Å². The number of piperidine rings is 1. The van der Waals surface area contributed by atoms with Crippen LogP contribution in [0, 0.1) is 0 Å².